The van der Waals surface area contributed by atoms with E-state index in [1.54, 1.807) is 12.1 Å². The minimum atomic E-state index is -0.408. The molecule has 2 aromatic carbocycles. The Bertz CT molecular complexity index is 1020. The molecule has 0 spiro atoms. The van der Waals surface area contributed by atoms with Gasteiger partial charge in [0, 0.05) is 15.5 Å². The van der Waals surface area contributed by atoms with Gasteiger partial charge in [0.15, 0.2) is 11.7 Å². The van der Waals surface area contributed by atoms with Crippen molar-refractivity contribution in [2.24, 2.45) is 0 Å². The normalized spacial score (nSPS) is 10.4. The minimum absolute atomic E-state index is 0.0607. The van der Waals surface area contributed by atoms with Crippen molar-refractivity contribution in [2.75, 3.05) is 19.0 Å². The summed E-state index contributed by atoms with van der Waals surface area (Å²) in [5.74, 6) is -0.444. The molecule has 1 amide bonds. The predicted molar refractivity (Wildman–Crippen MR) is 114 cm³/mol. The fourth-order valence-corrected chi connectivity index (χ4v) is 3.89. The fraction of sp³-hybridized carbons (Fsp3) is 0.150. The number of thiazole rings is 1. The highest BCUT2D eigenvalue weighted by Gasteiger charge is 2.18. The summed E-state index contributed by atoms with van der Waals surface area (Å²) >= 11 is 13.1. The van der Waals surface area contributed by atoms with E-state index in [4.69, 9.17) is 32.7 Å². The maximum Gasteiger partial charge on any atom is 0.310 e. The van der Waals surface area contributed by atoms with Gasteiger partial charge in [0.2, 0.25) is 0 Å². The van der Waals surface area contributed by atoms with Crippen LogP contribution < -0.4 is 10.1 Å². The summed E-state index contributed by atoms with van der Waals surface area (Å²) in [5.41, 5.74) is 1.46. The Morgan fingerprint density at radius 2 is 1.90 bits per heavy atom. The van der Waals surface area contributed by atoms with E-state index in [1.165, 1.54) is 24.5 Å². The molecule has 1 aromatic heterocycles. The third-order valence-corrected chi connectivity index (χ3v) is 5.28. The largest absolute Gasteiger partial charge is 0.482 e. The van der Waals surface area contributed by atoms with Crippen molar-refractivity contribution in [1.82, 2.24) is 4.98 Å². The van der Waals surface area contributed by atoms with Gasteiger partial charge in [0.1, 0.15) is 5.75 Å². The van der Waals surface area contributed by atoms with Crippen LogP contribution in [0.25, 0.3) is 11.3 Å². The molecular formula is C20H16Cl2N2O4S. The molecule has 0 bridgehead atoms. The zero-order valence-corrected chi connectivity index (χ0v) is 17.6. The molecule has 0 aliphatic heterocycles. The second kappa shape index (κ2) is 9.73. The summed E-state index contributed by atoms with van der Waals surface area (Å²) in [6.07, 6.45) is 0.0607. The fourth-order valence-electron chi connectivity index (χ4n) is 2.44. The highest BCUT2D eigenvalue weighted by molar-refractivity contribution is 7.16. The van der Waals surface area contributed by atoms with Crippen molar-refractivity contribution >= 4 is 51.5 Å². The van der Waals surface area contributed by atoms with E-state index in [0.717, 1.165) is 5.56 Å². The lowest BCUT2D eigenvalue weighted by Gasteiger charge is -2.07. The van der Waals surface area contributed by atoms with Gasteiger partial charge >= 0.3 is 5.97 Å². The number of aromatic nitrogens is 1. The maximum absolute atomic E-state index is 12.3. The summed E-state index contributed by atoms with van der Waals surface area (Å²) < 4.78 is 10.2. The highest BCUT2D eigenvalue weighted by Crippen LogP contribution is 2.32. The van der Waals surface area contributed by atoms with Crippen molar-refractivity contribution in [2.45, 2.75) is 6.42 Å². The molecule has 1 N–H and O–H groups in total. The Morgan fingerprint density at radius 3 is 2.59 bits per heavy atom. The molecule has 0 fully saturated rings. The summed E-state index contributed by atoms with van der Waals surface area (Å²) in [4.78, 5) is 29.2. The standard InChI is InChI=1S/C20H16Cl2N2O4S/c1-27-18(26)10-16-19(12-5-3-2-4-6-12)24-20(29-16)23-17(25)11-28-15-8-7-13(21)9-14(15)22/h2-9H,10-11H2,1H3,(H,23,24,25). The maximum atomic E-state index is 12.3. The molecule has 29 heavy (non-hydrogen) atoms. The molecule has 0 radical (unpaired) electrons. The summed E-state index contributed by atoms with van der Waals surface area (Å²) in [5, 5.41) is 3.83. The molecule has 3 aromatic rings. The molecule has 0 aliphatic carbocycles. The first-order chi connectivity index (χ1) is 14.0. The second-order valence-electron chi connectivity index (χ2n) is 5.82. The molecule has 0 aliphatic rings. The van der Waals surface area contributed by atoms with Crippen LogP contribution in [0, 0.1) is 0 Å². The number of anilines is 1. The number of nitrogens with zero attached hydrogens (tertiary/aromatic N) is 1. The van der Waals surface area contributed by atoms with Crippen LogP contribution >= 0.6 is 34.5 Å². The molecule has 9 heteroatoms. The number of rotatable bonds is 7. The van der Waals surface area contributed by atoms with E-state index in [0.29, 0.717) is 31.5 Å². The number of hydrogen-bond acceptors (Lipinski definition) is 6. The Kier molecular flexibility index (Phi) is 7.09. The number of hydrogen-bond donors (Lipinski definition) is 1. The quantitative estimate of drug-likeness (QED) is 0.520. The predicted octanol–water partition coefficient (Wildman–Crippen LogP) is 4.85. The number of amides is 1. The molecule has 3 rings (SSSR count). The van der Waals surface area contributed by atoms with Gasteiger partial charge in [-0.2, -0.15) is 0 Å². The SMILES string of the molecule is COC(=O)Cc1sc(NC(=O)COc2ccc(Cl)cc2Cl)nc1-c1ccccc1. The lowest BCUT2D eigenvalue weighted by molar-refractivity contribution is -0.139. The molecule has 150 valence electrons. The molecule has 0 atom stereocenters. The number of ether oxygens (including phenoxy) is 2. The van der Waals surface area contributed by atoms with E-state index in [-0.39, 0.29) is 19.0 Å². The van der Waals surface area contributed by atoms with Crippen LogP contribution in [0.2, 0.25) is 10.0 Å². The van der Waals surface area contributed by atoms with Crippen LogP contribution in [0.4, 0.5) is 5.13 Å². The van der Waals surface area contributed by atoms with Crippen LogP contribution in [-0.2, 0) is 20.7 Å². The first-order valence-electron chi connectivity index (χ1n) is 8.46. The number of nitrogens with one attached hydrogen (secondary N) is 1. The Balaban J connectivity index is 1.72. The van der Waals surface area contributed by atoms with Gasteiger partial charge in [-0.1, -0.05) is 53.5 Å². The first-order valence-corrected chi connectivity index (χ1v) is 10.0. The van der Waals surface area contributed by atoms with Crippen LogP contribution in [0.1, 0.15) is 4.88 Å². The van der Waals surface area contributed by atoms with Crippen molar-refractivity contribution in [3.8, 4) is 17.0 Å². The van der Waals surface area contributed by atoms with Gasteiger partial charge in [0.25, 0.3) is 5.91 Å². The third-order valence-electron chi connectivity index (χ3n) is 3.78. The van der Waals surface area contributed by atoms with Gasteiger partial charge < -0.3 is 9.47 Å². The molecule has 0 saturated heterocycles. The number of halogens is 2. The number of esters is 1. The molecule has 0 unspecified atom stereocenters. The molecule has 1 heterocycles. The lowest BCUT2D eigenvalue weighted by atomic mass is 10.1. The minimum Gasteiger partial charge on any atom is -0.482 e. The number of carbonyl (C=O) groups is 2. The topological polar surface area (TPSA) is 77.5 Å². The zero-order valence-electron chi connectivity index (χ0n) is 15.3. The van der Waals surface area contributed by atoms with E-state index in [9.17, 15) is 9.59 Å². The number of carbonyl (C=O) groups excluding carboxylic acids is 2. The molecule has 0 saturated carbocycles. The number of benzene rings is 2. The Hall–Kier alpha value is -2.61. The van der Waals surface area contributed by atoms with Crippen molar-refractivity contribution in [3.63, 3.8) is 0 Å². The highest BCUT2D eigenvalue weighted by atomic mass is 35.5. The van der Waals surface area contributed by atoms with Gasteiger partial charge in [-0.15, -0.1) is 11.3 Å². The Labute approximate surface area is 181 Å². The zero-order chi connectivity index (χ0) is 20.8. The molecule has 6 nitrogen and oxygen atoms in total. The van der Waals surface area contributed by atoms with E-state index in [1.807, 2.05) is 30.3 Å². The third kappa shape index (κ3) is 5.69. The van der Waals surface area contributed by atoms with Crippen molar-refractivity contribution in [1.29, 1.82) is 0 Å². The van der Waals surface area contributed by atoms with Crippen LogP contribution in [0.15, 0.2) is 48.5 Å². The lowest BCUT2D eigenvalue weighted by Crippen LogP contribution is -2.20. The van der Waals surface area contributed by atoms with Gasteiger partial charge in [-0.3, -0.25) is 14.9 Å². The Morgan fingerprint density at radius 1 is 1.14 bits per heavy atom. The summed E-state index contributed by atoms with van der Waals surface area (Å²) in [6.45, 7) is -0.256. The van der Waals surface area contributed by atoms with E-state index < -0.39 is 5.91 Å². The van der Waals surface area contributed by atoms with Crippen LogP contribution in [0.3, 0.4) is 0 Å². The molecular weight excluding hydrogens is 435 g/mol. The number of methoxy groups -OCH3 is 1. The first kappa shape index (κ1) is 21.1. The van der Waals surface area contributed by atoms with Crippen molar-refractivity contribution < 1.29 is 19.1 Å². The second-order valence-corrected chi connectivity index (χ2v) is 7.75. The van der Waals surface area contributed by atoms with Crippen LogP contribution in [-0.4, -0.2) is 30.6 Å². The smallest absolute Gasteiger partial charge is 0.310 e. The van der Waals surface area contributed by atoms with E-state index >= 15 is 0 Å². The summed E-state index contributed by atoms with van der Waals surface area (Å²) in [7, 11) is 1.33. The van der Waals surface area contributed by atoms with Gasteiger partial charge in [-0.05, 0) is 18.2 Å². The summed E-state index contributed by atoms with van der Waals surface area (Å²) in [6, 6.07) is 14.1. The average Bonchev–Trinajstić information content (AvgIpc) is 3.09. The monoisotopic (exact) mass is 450 g/mol. The van der Waals surface area contributed by atoms with Crippen molar-refractivity contribution in [3.05, 3.63) is 63.5 Å². The van der Waals surface area contributed by atoms with Gasteiger partial charge in [-0.25, -0.2) is 4.98 Å². The van der Waals surface area contributed by atoms with E-state index in [2.05, 4.69) is 10.3 Å². The van der Waals surface area contributed by atoms with Crippen LogP contribution in [0.5, 0.6) is 5.75 Å². The van der Waals surface area contributed by atoms with Gasteiger partial charge in [0.05, 0.1) is 24.2 Å². The average molecular weight is 451 g/mol.